The first-order valence-electron chi connectivity index (χ1n) is 34.7. The third-order valence-corrected chi connectivity index (χ3v) is 19.5. The summed E-state index contributed by atoms with van der Waals surface area (Å²) in [5, 5.41) is 3.17. The second-order valence-corrected chi connectivity index (χ2v) is 34.1. The number of ether oxygens (including phenoxy) is 5. The van der Waals surface area contributed by atoms with Gasteiger partial charge in [-0.2, -0.15) is 0 Å². The number of carbonyl (C=O) groups is 3. The van der Waals surface area contributed by atoms with Crippen molar-refractivity contribution in [2.45, 2.75) is 322 Å². The average Bonchev–Trinajstić information content (AvgIpc) is 1.52. The molecule has 15 heteroatoms. The largest absolute Gasteiger partial charge is 0.588 e. The highest BCUT2D eigenvalue weighted by Gasteiger charge is 2.51. The minimum Gasteiger partial charge on any atom is -0.462 e. The summed E-state index contributed by atoms with van der Waals surface area (Å²) in [6, 6.07) is 17.2. The van der Waals surface area contributed by atoms with E-state index in [1.807, 2.05) is 12.1 Å². The van der Waals surface area contributed by atoms with Gasteiger partial charge in [0.1, 0.15) is 37.1 Å². The molecule has 1 N–H and O–H groups in total. The van der Waals surface area contributed by atoms with Crippen molar-refractivity contribution in [3.63, 3.8) is 0 Å². The molecular weight excluding hydrogens is 1120 g/mol. The molecule has 0 radical (unpaired) electrons. The minimum absolute atomic E-state index is 0.0241. The lowest BCUT2D eigenvalue weighted by Gasteiger charge is -2.42. The van der Waals surface area contributed by atoms with E-state index < -0.39 is 63.7 Å². The van der Waals surface area contributed by atoms with Gasteiger partial charge in [-0.3, -0.25) is 18.9 Å². The Labute approximate surface area is 525 Å². The van der Waals surface area contributed by atoms with E-state index in [4.69, 9.17) is 37.3 Å². The molecular formula is C71H124NO12PSi. The standard InChI is InChI=1S/C71H124NO12PSi/c1-10-13-16-19-22-25-26-27-30-32-35-40-47-60(46-39-34-31-28-23-20-17-14-11-2)55-67(74)81-68-64(72-66(73)56-63(80-59-77-53-54-86(7,8)9)52-41-36-33-29-24-21-18-15-12-3)57-78-65(58-79-70(75)71(4,5)6)69(68)84-85(76,82-61-48-42-37-43-49-61)83-62-50-44-38-45-51-62/h37-38,42-45,48-51,60,63-65,68-69H,10-36,39-41,46-47,52-59H2,1-9H3,(H,72,73)/t60?,63-,64+,65-,68-,69-/m1/s1. The Morgan fingerprint density at radius 3 is 1.45 bits per heavy atom. The Hall–Kier alpha value is -3.26. The van der Waals surface area contributed by atoms with Crippen LogP contribution < -0.4 is 14.4 Å². The third kappa shape index (κ3) is 37.7. The van der Waals surface area contributed by atoms with Crippen LogP contribution in [0.25, 0.3) is 0 Å². The fourth-order valence-electron chi connectivity index (χ4n) is 11.0. The molecule has 86 heavy (non-hydrogen) atoms. The molecule has 1 unspecified atom stereocenters. The van der Waals surface area contributed by atoms with E-state index in [1.165, 1.54) is 148 Å². The number of hydrogen-bond donors (Lipinski definition) is 1. The van der Waals surface area contributed by atoms with Crippen LogP contribution in [-0.2, 0) is 47.2 Å². The van der Waals surface area contributed by atoms with Crippen molar-refractivity contribution < 1.29 is 56.2 Å². The van der Waals surface area contributed by atoms with Gasteiger partial charge in [0.2, 0.25) is 5.91 Å². The van der Waals surface area contributed by atoms with Crippen molar-refractivity contribution in [3.05, 3.63) is 60.7 Å². The summed E-state index contributed by atoms with van der Waals surface area (Å²) < 4.78 is 65.9. The summed E-state index contributed by atoms with van der Waals surface area (Å²) in [7, 11) is -6.06. The van der Waals surface area contributed by atoms with E-state index in [1.54, 1.807) is 69.3 Å². The van der Waals surface area contributed by atoms with Crippen LogP contribution in [0.4, 0.5) is 0 Å². The summed E-state index contributed by atoms with van der Waals surface area (Å²) >= 11 is 0. The topological polar surface area (TPSA) is 154 Å². The summed E-state index contributed by atoms with van der Waals surface area (Å²) in [6.45, 7) is 19.2. The monoisotopic (exact) mass is 1240 g/mol. The van der Waals surface area contributed by atoms with Crippen molar-refractivity contribution in [2.24, 2.45) is 11.3 Å². The number of phosphoric ester groups is 1. The van der Waals surface area contributed by atoms with E-state index in [-0.39, 0.29) is 56.2 Å². The first-order chi connectivity index (χ1) is 41.4. The lowest BCUT2D eigenvalue weighted by molar-refractivity contribution is -0.195. The van der Waals surface area contributed by atoms with E-state index >= 15 is 4.57 Å². The molecule has 2 aromatic carbocycles. The van der Waals surface area contributed by atoms with Crippen LogP contribution in [0, 0.1) is 11.3 Å². The number of carbonyl (C=O) groups excluding carboxylic acids is 3. The van der Waals surface area contributed by atoms with Gasteiger partial charge in [-0.25, -0.2) is 4.57 Å². The van der Waals surface area contributed by atoms with Crippen molar-refractivity contribution in [2.75, 3.05) is 26.6 Å². The maximum absolute atomic E-state index is 15.4. The van der Waals surface area contributed by atoms with Gasteiger partial charge in [0, 0.05) is 21.1 Å². The highest BCUT2D eigenvalue weighted by atomic mass is 31.2. The average molecular weight is 1240 g/mol. The number of esters is 2. The van der Waals surface area contributed by atoms with Crippen LogP contribution in [0.15, 0.2) is 60.7 Å². The summed E-state index contributed by atoms with van der Waals surface area (Å²) in [5.74, 6) is -0.799. The second kappa shape index (κ2) is 46.8. The molecule has 1 saturated heterocycles. The molecule has 0 aliphatic carbocycles. The van der Waals surface area contributed by atoms with Gasteiger partial charge in [-0.05, 0) is 76.3 Å². The van der Waals surface area contributed by atoms with Gasteiger partial charge in [-0.1, -0.05) is 269 Å². The minimum atomic E-state index is -4.72. The Bertz CT molecular complexity index is 2010. The molecule has 1 amide bonds. The van der Waals surface area contributed by atoms with Gasteiger partial charge in [0.25, 0.3) is 0 Å². The van der Waals surface area contributed by atoms with Gasteiger partial charge in [0.05, 0.1) is 30.6 Å². The maximum atomic E-state index is 15.4. The highest BCUT2D eigenvalue weighted by molar-refractivity contribution is 7.49. The molecule has 0 spiro atoms. The fourth-order valence-corrected chi connectivity index (χ4v) is 13.2. The fraction of sp³-hybridized carbons (Fsp3) is 0.789. The number of hydrogen-bond acceptors (Lipinski definition) is 12. The van der Waals surface area contributed by atoms with Crippen LogP contribution >= 0.6 is 7.82 Å². The molecule has 494 valence electrons. The van der Waals surface area contributed by atoms with Crippen LogP contribution in [-0.4, -0.2) is 83.0 Å². The molecule has 1 aliphatic heterocycles. The van der Waals surface area contributed by atoms with Gasteiger partial charge in [0.15, 0.2) is 6.10 Å². The maximum Gasteiger partial charge on any atom is 0.588 e. The van der Waals surface area contributed by atoms with Gasteiger partial charge in [-0.15, -0.1) is 0 Å². The predicted octanol–water partition coefficient (Wildman–Crippen LogP) is 20.0. The quantitative estimate of drug-likeness (QED) is 0.0220. The molecule has 1 heterocycles. The van der Waals surface area contributed by atoms with Crippen molar-refractivity contribution in [1.29, 1.82) is 0 Å². The summed E-state index contributed by atoms with van der Waals surface area (Å²) in [5.41, 5.74) is -0.862. The van der Waals surface area contributed by atoms with Gasteiger partial charge < -0.3 is 38.0 Å². The lowest BCUT2D eigenvalue weighted by atomic mass is 9.91. The van der Waals surface area contributed by atoms with Crippen LogP contribution in [0.2, 0.25) is 25.7 Å². The number of nitrogens with one attached hydrogen (secondary N) is 1. The summed E-state index contributed by atoms with van der Waals surface area (Å²) in [4.78, 5) is 43.0. The number of amides is 1. The highest BCUT2D eigenvalue weighted by Crippen LogP contribution is 2.52. The number of para-hydroxylation sites is 2. The van der Waals surface area contributed by atoms with Crippen molar-refractivity contribution >= 4 is 33.7 Å². The second-order valence-electron chi connectivity index (χ2n) is 27.0. The molecule has 0 bridgehead atoms. The molecule has 3 rings (SSSR count). The first kappa shape index (κ1) is 77.0. The lowest BCUT2D eigenvalue weighted by Crippen LogP contribution is -2.62. The van der Waals surface area contributed by atoms with Gasteiger partial charge >= 0.3 is 19.8 Å². The molecule has 6 atom stereocenters. The predicted molar refractivity (Wildman–Crippen MR) is 355 cm³/mol. The third-order valence-electron chi connectivity index (χ3n) is 16.4. The number of unbranched alkanes of at least 4 members (excludes halogenated alkanes) is 27. The molecule has 0 aromatic heterocycles. The Balaban J connectivity index is 1.98. The smallest absolute Gasteiger partial charge is 0.462 e. The van der Waals surface area contributed by atoms with E-state index in [0.29, 0.717) is 13.0 Å². The summed E-state index contributed by atoms with van der Waals surface area (Å²) in [6.07, 6.45) is 34.9. The zero-order valence-electron chi connectivity index (χ0n) is 55.9. The normalized spacial score (nSPS) is 17.2. The van der Waals surface area contributed by atoms with Crippen LogP contribution in [0.3, 0.4) is 0 Å². The van der Waals surface area contributed by atoms with E-state index in [9.17, 15) is 14.4 Å². The zero-order valence-corrected chi connectivity index (χ0v) is 57.8. The molecule has 1 aliphatic rings. The Kier molecular flexibility index (Phi) is 41.9. The van der Waals surface area contributed by atoms with Crippen LogP contribution in [0.1, 0.15) is 266 Å². The molecule has 0 saturated carbocycles. The number of rotatable bonds is 53. The van der Waals surface area contributed by atoms with E-state index in [2.05, 4.69) is 45.7 Å². The van der Waals surface area contributed by atoms with E-state index in [0.717, 1.165) is 63.8 Å². The van der Waals surface area contributed by atoms with Crippen molar-refractivity contribution in [1.82, 2.24) is 5.32 Å². The SMILES string of the molecule is CCCCCCCCCCCCCCC(CCCCCCCCCCC)CC(=O)O[C@H]1[C@H](OP(=O)(Oc2ccccc2)Oc2ccccc2)[C@@H](COC(=O)C(C)(C)C)OC[C@@H]1NC(=O)C[C@@H](CCCCCCCCCCC)OCOCC[Si](C)(C)C. The number of phosphoric acid groups is 1. The molecule has 13 nitrogen and oxygen atoms in total. The first-order valence-corrected chi connectivity index (χ1v) is 39.9. The Morgan fingerprint density at radius 2 is 1.02 bits per heavy atom. The van der Waals surface area contributed by atoms with Crippen molar-refractivity contribution in [3.8, 4) is 11.5 Å². The number of benzene rings is 2. The molecule has 1 fully saturated rings. The Morgan fingerprint density at radius 1 is 0.593 bits per heavy atom. The van der Waals surface area contributed by atoms with Crippen LogP contribution in [0.5, 0.6) is 11.5 Å². The zero-order chi connectivity index (χ0) is 62.6. The molecule has 2 aromatic rings.